The Hall–Kier alpha value is -2.34. The summed E-state index contributed by atoms with van der Waals surface area (Å²) >= 11 is 0. The summed E-state index contributed by atoms with van der Waals surface area (Å²) < 4.78 is 5.05. The molecule has 0 radical (unpaired) electrons. The van der Waals surface area contributed by atoms with Crippen LogP contribution in [0.3, 0.4) is 0 Å². The normalized spacial score (nSPS) is 15.8. The minimum absolute atomic E-state index is 0.279. The highest BCUT2D eigenvalue weighted by Gasteiger charge is 2.16. The predicted molar refractivity (Wildman–Crippen MR) is 85.2 cm³/mol. The Kier molecular flexibility index (Phi) is 4.39. The Balaban J connectivity index is 1.60. The first-order valence-corrected chi connectivity index (χ1v) is 7.54. The first-order valence-electron chi connectivity index (χ1n) is 7.54. The van der Waals surface area contributed by atoms with Gasteiger partial charge in [0, 0.05) is 26.2 Å². The summed E-state index contributed by atoms with van der Waals surface area (Å²) in [5.41, 5.74) is 1.09. The van der Waals surface area contributed by atoms with Gasteiger partial charge in [0.25, 0.3) is 5.91 Å². The van der Waals surface area contributed by atoms with Crippen molar-refractivity contribution in [3.8, 4) is 0 Å². The molecule has 0 atom stereocenters. The smallest absolute Gasteiger partial charge is 0.292 e. The van der Waals surface area contributed by atoms with Crippen LogP contribution in [0.25, 0.3) is 0 Å². The molecule has 2 aromatic heterocycles. The van der Waals surface area contributed by atoms with E-state index in [1.165, 1.54) is 6.26 Å². The van der Waals surface area contributed by atoms with Gasteiger partial charge in [-0.3, -0.25) is 4.79 Å². The lowest BCUT2D eigenvalue weighted by atomic mass is 10.2. The topological polar surface area (TPSA) is 61.6 Å². The second-order valence-electron chi connectivity index (χ2n) is 5.25. The maximum absolute atomic E-state index is 11.9. The van der Waals surface area contributed by atoms with Crippen molar-refractivity contribution in [2.24, 2.45) is 0 Å². The van der Waals surface area contributed by atoms with E-state index in [1.807, 2.05) is 12.1 Å². The summed E-state index contributed by atoms with van der Waals surface area (Å²) in [7, 11) is 0. The number of nitrogens with one attached hydrogen (secondary N) is 1. The minimum atomic E-state index is -0.290. The first kappa shape index (κ1) is 14.6. The van der Waals surface area contributed by atoms with Crippen molar-refractivity contribution < 1.29 is 9.21 Å². The van der Waals surface area contributed by atoms with Crippen molar-refractivity contribution in [3.63, 3.8) is 0 Å². The molecule has 22 heavy (non-hydrogen) atoms. The number of furan rings is 1. The summed E-state index contributed by atoms with van der Waals surface area (Å²) in [6.45, 7) is 7.46. The zero-order chi connectivity index (χ0) is 15.4. The van der Waals surface area contributed by atoms with Crippen molar-refractivity contribution in [2.75, 3.05) is 42.9 Å². The molecule has 0 spiro atoms. The number of aromatic nitrogens is 1. The van der Waals surface area contributed by atoms with Crippen LogP contribution in [-0.2, 0) is 0 Å². The zero-order valence-corrected chi connectivity index (χ0v) is 12.7. The van der Waals surface area contributed by atoms with Crippen LogP contribution in [0.15, 0.2) is 41.1 Å². The number of piperazine rings is 1. The first-order chi connectivity index (χ1) is 10.8. The molecule has 1 amide bonds. The summed E-state index contributed by atoms with van der Waals surface area (Å²) in [5, 5.41) is 2.72. The summed E-state index contributed by atoms with van der Waals surface area (Å²) in [6.07, 6.45) is 3.28. The van der Waals surface area contributed by atoms with Gasteiger partial charge in [0.05, 0.1) is 18.1 Å². The second-order valence-corrected chi connectivity index (χ2v) is 5.25. The van der Waals surface area contributed by atoms with Crippen molar-refractivity contribution >= 4 is 17.4 Å². The number of pyridine rings is 1. The van der Waals surface area contributed by atoms with Crippen LogP contribution in [0.5, 0.6) is 0 Å². The van der Waals surface area contributed by atoms with Crippen molar-refractivity contribution in [1.82, 2.24) is 9.88 Å². The number of anilines is 2. The van der Waals surface area contributed by atoms with Crippen LogP contribution in [0.2, 0.25) is 0 Å². The Morgan fingerprint density at radius 2 is 2.09 bits per heavy atom. The fraction of sp³-hybridized carbons (Fsp3) is 0.375. The molecule has 1 aliphatic heterocycles. The second kappa shape index (κ2) is 6.62. The van der Waals surface area contributed by atoms with Crippen LogP contribution in [0.1, 0.15) is 17.5 Å². The molecule has 3 rings (SSSR count). The number of rotatable bonds is 4. The van der Waals surface area contributed by atoms with E-state index in [9.17, 15) is 4.79 Å². The van der Waals surface area contributed by atoms with Crippen LogP contribution in [0.4, 0.5) is 11.5 Å². The predicted octanol–water partition coefficient (Wildman–Crippen LogP) is 2.07. The van der Waals surface area contributed by atoms with Crippen LogP contribution in [0, 0.1) is 0 Å². The van der Waals surface area contributed by atoms with E-state index in [1.54, 1.807) is 18.3 Å². The quantitative estimate of drug-likeness (QED) is 0.936. The molecular formula is C16H20N4O2. The van der Waals surface area contributed by atoms with Gasteiger partial charge in [-0.2, -0.15) is 0 Å². The van der Waals surface area contributed by atoms with Gasteiger partial charge in [0.15, 0.2) is 5.76 Å². The van der Waals surface area contributed by atoms with Gasteiger partial charge in [-0.1, -0.05) is 6.92 Å². The van der Waals surface area contributed by atoms with E-state index in [0.29, 0.717) is 5.82 Å². The number of likely N-dealkylation sites (N-methyl/N-ethyl adjacent to an activating group) is 1. The van der Waals surface area contributed by atoms with Gasteiger partial charge in [0.2, 0.25) is 0 Å². The molecular weight excluding hydrogens is 280 g/mol. The fourth-order valence-electron chi connectivity index (χ4n) is 2.56. The van der Waals surface area contributed by atoms with Gasteiger partial charge in [-0.15, -0.1) is 0 Å². The molecule has 3 heterocycles. The molecule has 1 N–H and O–H groups in total. The molecule has 116 valence electrons. The third-order valence-corrected chi connectivity index (χ3v) is 3.92. The Morgan fingerprint density at radius 1 is 1.27 bits per heavy atom. The van der Waals surface area contributed by atoms with Crippen molar-refractivity contribution in [1.29, 1.82) is 0 Å². The standard InChI is InChI=1S/C16H20N4O2/c1-2-19-7-9-20(10-8-19)13-5-6-15(17-12-13)18-16(21)14-4-3-11-22-14/h3-6,11-12H,2,7-10H2,1H3,(H,17,18,21). The van der Waals surface area contributed by atoms with E-state index >= 15 is 0 Å². The molecule has 1 saturated heterocycles. The molecule has 0 aliphatic carbocycles. The number of nitrogens with zero attached hydrogens (tertiary/aromatic N) is 3. The van der Waals surface area contributed by atoms with E-state index in [2.05, 4.69) is 27.0 Å². The molecule has 0 aromatic carbocycles. The number of hydrogen-bond donors (Lipinski definition) is 1. The van der Waals surface area contributed by atoms with E-state index in [0.717, 1.165) is 38.4 Å². The van der Waals surface area contributed by atoms with Gasteiger partial charge in [-0.25, -0.2) is 4.98 Å². The maximum atomic E-state index is 11.9. The highest BCUT2D eigenvalue weighted by atomic mass is 16.3. The highest BCUT2D eigenvalue weighted by molar-refractivity contribution is 6.01. The molecule has 1 fully saturated rings. The molecule has 0 bridgehead atoms. The lowest BCUT2D eigenvalue weighted by Gasteiger charge is -2.35. The molecule has 0 unspecified atom stereocenters. The van der Waals surface area contributed by atoms with E-state index in [4.69, 9.17) is 4.42 Å². The van der Waals surface area contributed by atoms with Crippen molar-refractivity contribution in [2.45, 2.75) is 6.92 Å². The maximum Gasteiger partial charge on any atom is 0.292 e. The largest absolute Gasteiger partial charge is 0.459 e. The number of hydrogen-bond acceptors (Lipinski definition) is 5. The SMILES string of the molecule is CCN1CCN(c2ccc(NC(=O)c3ccco3)nc2)CC1. The fourth-order valence-corrected chi connectivity index (χ4v) is 2.56. The number of carbonyl (C=O) groups is 1. The van der Waals surface area contributed by atoms with E-state index < -0.39 is 0 Å². The number of carbonyl (C=O) groups excluding carboxylic acids is 1. The Bertz CT molecular complexity index is 602. The minimum Gasteiger partial charge on any atom is -0.459 e. The average Bonchev–Trinajstić information content (AvgIpc) is 3.10. The molecule has 6 heteroatoms. The highest BCUT2D eigenvalue weighted by Crippen LogP contribution is 2.17. The van der Waals surface area contributed by atoms with Gasteiger partial charge < -0.3 is 19.5 Å². The molecule has 1 aliphatic rings. The lowest BCUT2D eigenvalue weighted by Crippen LogP contribution is -2.46. The lowest BCUT2D eigenvalue weighted by molar-refractivity contribution is 0.0996. The molecule has 2 aromatic rings. The summed E-state index contributed by atoms with van der Waals surface area (Å²) in [4.78, 5) is 20.9. The van der Waals surface area contributed by atoms with Crippen molar-refractivity contribution in [3.05, 3.63) is 42.5 Å². The average molecular weight is 300 g/mol. The summed E-state index contributed by atoms with van der Waals surface area (Å²) in [5.74, 6) is 0.515. The van der Waals surface area contributed by atoms with E-state index in [-0.39, 0.29) is 11.7 Å². The summed E-state index contributed by atoms with van der Waals surface area (Å²) in [6, 6.07) is 7.12. The molecule has 6 nitrogen and oxygen atoms in total. The van der Waals surface area contributed by atoms with Gasteiger partial charge in [0.1, 0.15) is 5.82 Å². The monoisotopic (exact) mass is 300 g/mol. The Labute approximate surface area is 129 Å². The van der Waals surface area contributed by atoms with Crippen LogP contribution < -0.4 is 10.2 Å². The van der Waals surface area contributed by atoms with Crippen LogP contribution in [-0.4, -0.2) is 48.5 Å². The third kappa shape index (κ3) is 3.28. The van der Waals surface area contributed by atoms with Gasteiger partial charge in [-0.05, 0) is 30.8 Å². The Morgan fingerprint density at radius 3 is 2.68 bits per heavy atom. The van der Waals surface area contributed by atoms with Gasteiger partial charge >= 0.3 is 0 Å². The van der Waals surface area contributed by atoms with Crippen LogP contribution >= 0.6 is 0 Å². The zero-order valence-electron chi connectivity index (χ0n) is 12.7. The number of amides is 1. The molecule has 0 saturated carbocycles. The third-order valence-electron chi connectivity index (χ3n) is 3.92.